The predicted octanol–water partition coefficient (Wildman–Crippen LogP) is 4.15. The number of aromatic nitrogens is 4. The smallest absolute Gasteiger partial charge is 0.258 e. The van der Waals surface area contributed by atoms with Gasteiger partial charge in [-0.15, -0.1) is 10.2 Å². The Labute approximate surface area is 208 Å². The van der Waals surface area contributed by atoms with Crippen LogP contribution in [0.5, 0.6) is 5.75 Å². The molecule has 1 aliphatic rings. The van der Waals surface area contributed by atoms with Gasteiger partial charge in [0.05, 0.1) is 18.0 Å². The van der Waals surface area contributed by atoms with Gasteiger partial charge in [-0.3, -0.25) is 9.59 Å². The van der Waals surface area contributed by atoms with Crippen molar-refractivity contribution in [1.82, 2.24) is 25.5 Å². The average Bonchev–Trinajstić information content (AvgIpc) is 3.40. The van der Waals surface area contributed by atoms with Crippen LogP contribution >= 0.6 is 0 Å². The zero-order valence-corrected chi connectivity index (χ0v) is 20.2. The first-order valence-corrected chi connectivity index (χ1v) is 12.3. The van der Waals surface area contributed by atoms with Crippen LogP contribution in [0.1, 0.15) is 56.2 Å². The van der Waals surface area contributed by atoms with Gasteiger partial charge >= 0.3 is 0 Å². The molecule has 2 heterocycles. The number of amides is 1. The van der Waals surface area contributed by atoms with Gasteiger partial charge in [-0.05, 0) is 62.4 Å². The van der Waals surface area contributed by atoms with E-state index in [0.717, 1.165) is 37.0 Å². The quantitative estimate of drug-likeness (QED) is 0.383. The second-order valence-electron chi connectivity index (χ2n) is 9.18. The van der Waals surface area contributed by atoms with Gasteiger partial charge in [-0.1, -0.05) is 18.2 Å². The van der Waals surface area contributed by atoms with Gasteiger partial charge in [-0.2, -0.15) is 0 Å². The lowest BCUT2D eigenvalue weighted by atomic mass is 9.86. The number of hydrogen-bond acceptors (Lipinski definition) is 7. The maximum Gasteiger partial charge on any atom is 0.258 e. The molecule has 0 spiro atoms. The molecule has 9 heteroatoms. The third-order valence-corrected chi connectivity index (χ3v) is 6.68. The van der Waals surface area contributed by atoms with Crippen LogP contribution in [0.3, 0.4) is 0 Å². The lowest BCUT2D eigenvalue weighted by Crippen LogP contribution is -2.37. The number of rotatable bonds is 8. The predicted molar refractivity (Wildman–Crippen MR) is 135 cm³/mol. The molecule has 0 saturated heterocycles. The number of H-pyrrole nitrogens is 1. The molecule has 1 amide bonds. The number of methoxy groups -OCH3 is 1. The number of aryl methyl sites for hydroxylation is 1. The maximum absolute atomic E-state index is 12.5. The van der Waals surface area contributed by atoms with Crippen molar-refractivity contribution in [2.24, 2.45) is 0 Å². The minimum Gasteiger partial charge on any atom is -0.497 e. The van der Waals surface area contributed by atoms with E-state index in [0.29, 0.717) is 47.8 Å². The Kier molecular flexibility index (Phi) is 7.06. The Bertz CT molecular complexity index is 1400. The second kappa shape index (κ2) is 10.7. The molecular formula is C27H29N5O4. The molecule has 2 N–H and O–H groups in total. The van der Waals surface area contributed by atoms with E-state index in [4.69, 9.17) is 9.15 Å². The summed E-state index contributed by atoms with van der Waals surface area (Å²) in [6, 6.07) is 15.0. The van der Waals surface area contributed by atoms with Gasteiger partial charge in [0.25, 0.3) is 5.56 Å². The van der Waals surface area contributed by atoms with Crippen molar-refractivity contribution in [3.63, 3.8) is 0 Å². The number of ether oxygens (including phenoxy) is 1. The second-order valence-corrected chi connectivity index (χ2v) is 9.18. The molecule has 4 aromatic rings. The van der Waals surface area contributed by atoms with Crippen LogP contribution in [0.25, 0.3) is 22.4 Å². The zero-order valence-electron chi connectivity index (χ0n) is 20.2. The van der Waals surface area contributed by atoms with Gasteiger partial charge in [-0.25, -0.2) is 4.98 Å². The summed E-state index contributed by atoms with van der Waals surface area (Å²) in [5, 5.41) is 12.2. The van der Waals surface area contributed by atoms with Crippen molar-refractivity contribution < 1.29 is 13.9 Å². The zero-order chi connectivity index (χ0) is 24.9. The SMILES string of the molecule is COc1cccc(-c2nnc(C3CCC(NC(=O)CCCc4nc5ccccc5c(=O)[nH]4)CC3)o2)c1. The molecule has 2 aromatic heterocycles. The normalized spacial score (nSPS) is 17.7. The summed E-state index contributed by atoms with van der Waals surface area (Å²) in [6.07, 6.45) is 5.06. The van der Waals surface area contributed by atoms with Gasteiger partial charge in [0.2, 0.25) is 17.7 Å². The molecule has 0 aliphatic heterocycles. The highest BCUT2D eigenvalue weighted by Crippen LogP contribution is 2.34. The first-order valence-electron chi connectivity index (χ1n) is 12.3. The van der Waals surface area contributed by atoms with Crippen LogP contribution in [0.4, 0.5) is 0 Å². The first-order chi connectivity index (χ1) is 17.6. The topological polar surface area (TPSA) is 123 Å². The molecule has 0 bridgehead atoms. The molecule has 9 nitrogen and oxygen atoms in total. The van der Waals surface area contributed by atoms with E-state index < -0.39 is 0 Å². The van der Waals surface area contributed by atoms with Crippen molar-refractivity contribution in [3.8, 4) is 17.2 Å². The first kappa shape index (κ1) is 23.7. The highest BCUT2D eigenvalue weighted by Gasteiger charge is 2.27. The molecule has 1 aliphatic carbocycles. The van der Waals surface area contributed by atoms with Crippen molar-refractivity contribution in [1.29, 1.82) is 0 Å². The highest BCUT2D eigenvalue weighted by atomic mass is 16.5. The third kappa shape index (κ3) is 5.45. The van der Waals surface area contributed by atoms with Gasteiger partial charge in [0, 0.05) is 30.4 Å². The monoisotopic (exact) mass is 487 g/mol. The van der Waals surface area contributed by atoms with E-state index in [1.54, 1.807) is 13.2 Å². The van der Waals surface area contributed by atoms with Crippen LogP contribution in [-0.4, -0.2) is 39.2 Å². The van der Waals surface area contributed by atoms with Crippen molar-refractivity contribution in [3.05, 3.63) is 70.6 Å². The van der Waals surface area contributed by atoms with E-state index in [1.807, 2.05) is 42.5 Å². The fourth-order valence-corrected chi connectivity index (χ4v) is 4.73. The number of nitrogens with one attached hydrogen (secondary N) is 2. The van der Waals surface area contributed by atoms with Gasteiger partial charge < -0.3 is 19.5 Å². The van der Waals surface area contributed by atoms with Crippen LogP contribution in [-0.2, 0) is 11.2 Å². The minimum absolute atomic E-state index is 0.0275. The number of benzene rings is 2. The van der Waals surface area contributed by atoms with E-state index >= 15 is 0 Å². The molecule has 0 radical (unpaired) electrons. The molecule has 5 rings (SSSR count). The Morgan fingerprint density at radius 2 is 1.94 bits per heavy atom. The van der Waals surface area contributed by atoms with E-state index in [9.17, 15) is 9.59 Å². The molecule has 1 fully saturated rings. The summed E-state index contributed by atoms with van der Waals surface area (Å²) >= 11 is 0. The van der Waals surface area contributed by atoms with E-state index in [2.05, 4.69) is 25.5 Å². The Balaban J connectivity index is 1.08. The van der Waals surface area contributed by atoms with Gasteiger partial charge in [0.15, 0.2) is 0 Å². The fraction of sp³-hybridized carbons (Fsp3) is 0.370. The lowest BCUT2D eigenvalue weighted by Gasteiger charge is -2.27. The van der Waals surface area contributed by atoms with Crippen molar-refractivity contribution >= 4 is 16.8 Å². The summed E-state index contributed by atoms with van der Waals surface area (Å²) in [5.41, 5.74) is 1.36. The lowest BCUT2D eigenvalue weighted by molar-refractivity contribution is -0.122. The summed E-state index contributed by atoms with van der Waals surface area (Å²) < 4.78 is 11.2. The summed E-state index contributed by atoms with van der Waals surface area (Å²) in [6.45, 7) is 0. The minimum atomic E-state index is -0.145. The fourth-order valence-electron chi connectivity index (χ4n) is 4.73. The summed E-state index contributed by atoms with van der Waals surface area (Å²) in [5.74, 6) is 2.71. The van der Waals surface area contributed by atoms with Crippen LogP contribution < -0.4 is 15.6 Å². The van der Waals surface area contributed by atoms with Gasteiger partial charge in [0.1, 0.15) is 11.6 Å². The number of fused-ring (bicyclic) bond motifs is 1. The Morgan fingerprint density at radius 3 is 2.78 bits per heavy atom. The molecule has 0 atom stereocenters. The Morgan fingerprint density at radius 1 is 1.11 bits per heavy atom. The number of carbonyl (C=O) groups excluding carboxylic acids is 1. The molecule has 2 aromatic carbocycles. The van der Waals surface area contributed by atoms with E-state index in [1.165, 1.54) is 0 Å². The standard InChI is InChI=1S/C27H29N5O4/c1-35-20-7-4-6-18(16-20)27-32-31-26(36-27)17-12-14-19(15-13-17)28-24(33)11-5-10-23-29-22-9-3-2-8-21(22)25(34)30-23/h2-4,6-9,16-17,19H,5,10-15H2,1H3,(H,28,33)(H,29,30,34). The van der Waals surface area contributed by atoms with Crippen LogP contribution in [0.2, 0.25) is 0 Å². The third-order valence-electron chi connectivity index (χ3n) is 6.68. The molecule has 0 unspecified atom stereocenters. The average molecular weight is 488 g/mol. The molecular weight excluding hydrogens is 458 g/mol. The molecule has 36 heavy (non-hydrogen) atoms. The Hall–Kier alpha value is -4.01. The molecule has 1 saturated carbocycles. The van der Waals surface area contributed by atoms with Crippen molar-refractivity contribution in [2.75, 3.05) is 7.11 Å². The largest absolute Gasteiger partial charge is 0.497 e. The molecule has 186 valence electrons. The van der Waals surface area contributed by atoms with Crippen molar-refractivity contribution in [2.45, 2.75) is 56.9 Å². The number of para-hydroxylation sites is 1. The number of hydrogen-bond donors (Lipinski definition) is 2. The summed E-state index contributed by atoms with van der Waals surface area (Å²) in [4.78, 5) is 32.0. The highest BCUT2D eigenvalue weighted by molar-refractivity contribution is 5.77. The van der Waals surface area contributed by atoms with Crippen LogP contribution in [0.15, 0.2) is 57.7 Å². The maximum atomic E-state index is 12.5. The summed E-state index contributed by atoms with van der Waals surface area (Å²) in [7, 11) is 1.62. The number of aromatic amines is 1. The number of carbonyl (C=O) groups is 1. The van der Waals surface area contributed by atoms with Crippen LogP contribution in [0, 0.1) is 0 Å². The van der Waals surface area contributed by atoms with E-state index in [-0.39, 0.29) is 23.4 Å². The number of nitrogens with zero attached hydrogens (tertiary/aromatic N) is 3.